The molecule has 1 N–H and O–H groups in total. The van der Waals surface area contributed by atoms with Crippen molar-refractivity contribution in [1.29, 1.82) is 0 Å². The molecule has 2 saturated heterocycles. The van der Waals surface area contributed by atoms with Crippen molar-refractivity contribution in [2.45, 2.75) is 142 Å². The summed E-state index contributed by atoms with van der Waals surface area (Å²) >= 11 is 0. The zero-order valence-corrected chi connectivity index (χ0v) is 39.4. The van der Waals surface area contributed by atoms with Gasteiger partial charge in [0.25, 0.3) is 0 Å². The van der Waals surface area contributed by atoms with Gasteiger partial charge in [-0.25, -0.2) is 4.98 Å². The second-order valence-electron chi connectivity index (χ2n) is 20.2. The number of hydrogen-bond acceptors (Lipinski definition) is 8. The molecule has 3 aromatic carbocycles. The lowest BCUT2D eigenvalue weighted by molar-refractivity contribution is -0.149. The molecule has 11 nitrogen and oxygen atoms in total. The van der Waals surface area contributed by atoms with Gasteiger partial charge in [-0.3, -0.25) is 24.2 Å². The highest BCUT2D eigenvalue weighted by Gasteiger charge is 2.44. The second kappa shape index (κ2) is 18.0. The van der Waals surface area contributed by atoms with Gasteiger partial charge in [0.05, 0.1) is 62.0 Å². The maximum Gasteiger partial charge on any atom is 0.306 e. The molecule has 8 atom stereocenters. The third-order valence-electron chi connectivity index (χ3n) is 15.7. The molecule has 1 aromatic heterocycles. The average molecular weight is 880 g/mol. The van der Waals surface area contributed by atoms with Crippen LogP contribution in [-0.2, 0) is 28.7 Å². The van der Waals surface area contributed by atoms with E-state index in [9.17, 15) is 19.2 Å². The molecule has 5 aliphatic rings. The number of methoxy groups -OCH3 is 2. The minimum absolute atomic E-state index is 0.00134. The number of H-pyrrole nitrogens is 1. The van der Waals surface area contributed by atoms with E-state index >= 15 is 0 Å². The molecule has 0 spiro atoms. The molecule has 3 fully saturated rings. The lowest BCUT2D eigenvalue weighted by atomic mass is 9.81. The van der Waals surface area contributed by atoms with Crippen LogP contribution in [0.4, 0.5) is 0 Å². The van der Waals surface area contributed by atoms with Crippen LogP contribution >= 0.6 is 0 Å². The van der Waals surface area contributed by atoms with Crippen molar-refractivity contribution >= 4 is 46.1 Å². The Kier molecular flexibility index (Phi) is 12.4. The Morgan fingerprint density at radius 2 is 1.20 bits per heavy atom. The summed E-state index contributed by atoms with van der Waals surface area (Å²) < 4.78 is 9.91. The highest BCUT2D eigenvalue weighted by atomic mass is 16.5. The number of hydrogen-bond donors (Lipinski definition) is 1. The SMILES string of the molecule is COC(=O)C[C@H](C(=O)N1[C@@H](C)CC[C@H]1C1=NC=C(c2ccc(-c3ccc(-c4ccc5nc([C@@H]6CC[C@H](C)N6C(=O)[C@@H](CC(=O)OC)C(C)C)[nH]c5c4)c4c3C3CCC4C3)cc2)C1)C(C)C. The number of benzene rings is 3. The standard InChI is InChI=1S/C54H65N5O6/c1-29(2)41(26-48(60)64-7)53(62)58-31(5)9-21-46(58)45-25-38(28-55-45)33-11-13-34(14-12-33)39-18-19-40(51-37-16-15-36(23-37)50(39)51)35-17-20-43-44(24-35)57-52(56-43)47-22-10-32(6)59(47)54(63)42(30(3)4)27-49(61)65-8/h11-14,17-20,24,28-32,36-37,41-42,46-47H,9-10,15-16,21-23,25-27H2,1-8H3,(H,56,57)/t31-,32-,36?,37?,41-,42-,46-,47-/m0/s1. The van der Waals surface area contributed by atoms with Crippen molar-refractivity contribution in [3.05, 3.63) is 83.3 Å². The molecule has 2 aliphatic carbocycles. The van der Waals surface area contributed by atoms with Crippen LogP contribution in [0.25, 0.3) is 38.9 Å². The van der Waals surface area contributed by atoms with Crippen LogP contribution < -0.4 is 0 Å². The minimum atomic E-state index is -0.449. The number of esters is 2. The third-order valence-corrected chi connectivity index (χ3v) is 15.7. The first-order chi connectivity index (χ1) is 31.3. The normalized spacial score (nSPS) is 24.5. The van der Waals surface area contributed by atoms with E-state index in [2.05, 4.69) is 73.4 Å². The van der Waals surface area contributed by atoms with Gasteiger partial charge >= 0.3 is 11.9 Å². The molecule has 2 bridgehead atoms. The monoisotopic (exact) mass is 879 g/mol. The molecular formula is C54H65N5O6. The number of aliphatic imine (C=N–C) groups is 1. The van der Waals surface area contributed by atoms with Crippen LogP contribution in [0.3, 0.4) is 0 Å². The third kappa shape index (κ3) is 8.22. The fraction of sp³-hybridized carbons (Fsp3) is 0.519. The lowest BCUT2D eigenvalue weighted by Gasteiger charge is -2.33. The van der Waals surface area contributed by atoms with Gasteiger partial charge < -0.3 is 24.3 Å². The van der Waals surface area contributed by atoms with E-state index < -0.39 is 11.8 Å². The van der Waals surface area contributed by atoms with Crippen LogP contribution in [0.15, 0.2) is 65.8 Å². The van der Waals surface area contributed by atoms with Crippen molar-refractivity contribution in [2.75, 3.05) is 14.2 Å². The lowest BCUT2D eigenvalue weighted by Crippen LogP contribution is -2.48. The second-order valence-corrected chi connectivity index (χ2v) is 20.2. The molecule has 11 heteroatoms. The molecule has 0 radical (unpaired) electrons. The van der Waals surface area contributed by atoms with E-state index in [0.29, 0.717) is 18.3 Å². The molecule has 4 heterocycles. The molecule has 342 valence electrons. The quantitative estimate of drug-likeness (QED) is 0.132. The van der Waals surface area contributed by atoms with Crippen LogP contribution in [0, 0.1) is 23.7 Å². The molecule has 1 saturated carbocycles. The Hall–Kier alpha value is -5.58. The number of amides is 2. The van der Waals surface area contributed by atoms with E-state index in [1.165, 1.54) is 66.9 Å². The first kappa shape index (κ1) is 44.6. The zero-order valence-electron chi connectivity index (χ0n) is 39.4. The van der Waals surface area contributed by atoms with Gasteiger partial charge in [-0.15, -0.1) is 0 Å². The summed E-state index contributed by atoms with van der Waals surface area (Å²) in [6.07, 6.45) is 9.94. The number of likely N-dealkylation sites (tertiary alicyclic amines) is 2. The van der Waals surface area contributed by atoms with Gasteiger partial charge in [0.15, 0.2) is 0 Å². The number of imidazole rings is 1. The summed E-state index contributed by atoms with van der Waals surface area (Å²) in [5.41, 5.74) is 13.2. The number of ether oxygens (including phenoxy) is 2. The van der Waals surface area contributed by atoms with Gasteiger partial charge in [0.1, 0.15) is 5.82 Å². The fourth-order valence-corrected chi connectivity index (χ4v) is 12.0. The van der Waals surface area contributed by atoms with Gasteiger partial charge in [0.2, 0.25) is 11.8 Å². The van der Waals surface area contributed by atoms with Crippen molar-refractivity contribution in [2.24, 2.45) is 28.7 Å². The zero-order chi connectivity index (χ0) is 45.8. The van der Waals surface area contributed by atoms with Gasteiger partial charge in [-0.1, -0.05) is 70.2 Å². The predicted molar refractivity (Wildman–Crippen MR) is 254 cm³/mol. The smallest absolute Gasteiger partial charge is 0.306 e. The first-order valence-electron chi connectivity index (χ1n) is 24.1. The number of fused-ring (bicyclic) bond motifs is 6. The predicted octanol–water partition coefficient (Wildman–Crippen LogP) is 10.5. The summed E-state index contributed by atoms with van der Waals surface area (Å²) in [6.45, 7) is 12.2. The van der Waals surface area contributed by atoms with Crippen molar-refractivity contribution < 1.29 is 28.7 Å². The number of rotatable bonds is 13. The number of carbonyl (C=O) groups excluding carboxylic acids is 4. The summed E-state index contributed by atoms with van der Waals surface area (Å²) in [5.74, 6) is 0.328. The van der Waals surface area contributed by atoms with E-state index in [0.717, 1.165) is 59.4 Å². The number of nitrogens with one attached hydrogen (secondary N) is 1. The van der Waals surface area contributed by atoms with Gasteiger partial charge in [0, 0.05) is 30.4 Å². The van der Waals surface area contributed by atoms with E-state index in [1.807, 2.05) is 43.7 Å². The van der Waals surface area contributed by atoms with E-state index in [-0.39, 0.29) is 72.6 Å². The topological polar surface area (TPSA) is 134 Å². The van der Waals surface area contributed by atoms with E-state index in [4.69, 9.17) is 19.5 Å². The van der Waals surface area contributed by atoms with Crippen LogP contribution in [0.5, 0.6) is 0 Å². The van der Waals surface area contributed by atoms with Crippen molar-refractivity contribution in [3.8, 4) is 22.3 Å². The number of allylic oxidation sites excluding steroid dienone is 1. The molecule has 9 rings (SSSR count). The summed E-state index contributed by atoms with van der Waals surface area (Å²) in [6, 6.07) is 20.0. The first-order valence-corrected chi connectivity index (χ1v) is 24.1. The number of nitrogens with zero attached hydrogens (tertiary/aromatic N) is 4. The highest BCUT2D eigenvalue weighted by Crippen LogP contribution is 2.58. The Labute approximate surface area is 383 Å². The summed E-state index contributed by atoms with van der Waals surface area (Å²) in [7, 11) is 2.75. The fourth-order valence-electron chi connectivity index (χ4n) is 12.0. The van der Waals surface area contributed by atoms with Gasteiger partial charge in [-0.2, -0.15) is 0 Å². The molecule has 2 amide bonds. The largest absolute Gasteiger partial charge is 0.469 e. The Balaban J connectivity index is 0.934. The number of aromatic nitrogens is 2. The molecular weight excluding hydrogens is 815 g/mol. The summed E-state index contributed by atoms with van der Waals surface area (Å²) in [4.78, 5) is 70.2. The Morgan fingerprint density at radius 3 is 1.77 bits per heavy atom. The molecule has 4 aromatic rings. The van der Waals surface area contributed by atoms with Gasteiger partial charge in [-0.05, 0) is 139 Å². The number of aromatic amines is 1. The van der Waals surface area contributed by atoms with Crippen LogP contribution in [-0.4, -0.2) is 81.6 Å². The van der Waals surface area contributed by atoms with Crippen LogP contribution in [0.1, 0.15) is 146 Å². The molecule has 3 aliphatic heterocycles. The molecule has 65 heavy (non-hydrogen) atoms. The van der Waals surface area contributed by atoms with Crippen LogP contribution in [0.2, 0.25) is 0 Å². The van der Waals surface area contributed by atoms with E-state index in [1.54, 1.807) is 0 Å². The molecule has 2 unspecified atom stereocenters. The Morgan fingerprint density at radius 1 is 0.677 bits per heavy atom. The Bertz CT molecular complexity index is 2570. The maximum absolute atomic E-state index is 14.1. The summed E-state index contributed by atoms with van der Waals surface area (Å²) in [5, 5.41) is 0. The highest BCUT2D eigenvalue weighted by molar-refractivity contribution is 6.04. The number of carbonyl (C=O) groups is 4. The van der Waals surface area contributed by atoms with Crippen molar-refractivity contribution in [1.82, 2.24) is 19.8 Å². The minimum Gasteiger partial charge on any atom is -0.469 e. The average Bonchev–Trinajstić information content (AvgIpc) is 4.18. The maximum atomic E-state index is 14.1. The van der Waals surface area contributed by atoms with Crippen molar-refractivity contribution in [3.63, 3.8) is 0 Å².